The first-order valence-electron chi connectivity index (χ1n) is 4.01. The number of carbonyl (C=O) groups excluding carboxylic acids is 1. The van der Waals surface area contributed by atoms with Crippen LogP contribution in [0, 0.1) is 18.3 Å². The average Bonchev–Trinajstić information content (AvgIpc) is 2.04. The number of carboxylic acids is 1. The Morgan fingerprint density at radius 3 is 2.69 bits per heavy atom. The van der Waals surface area contributed by atoms with E-state index >= 15 is 0 Å². The highest BCUT2D eigenvalue weighted by Crippen LogP contribution is 1.99. The van der Waals surface area contributed by atoms with Crippen molar-refractivity contribution >= 4 is 11.9 Å². The van der Waals surface area contributed by atoms with Gasteiger partial charge in [-0.15, -0.1) is 6.42 Å². The Balaban J connectivity index is 3.51. The van der Waals surface area contributed by atoms with Crippen molar-refractivity contribution in [1.82, 2.24) is 5.32 Å². The summed E-state index contributed by atoms with van der Waals surface area (Å²) < 4.78 is 0. The molecular weight excluding hydrogens is 170 g/mol. The SMILES string of the molecule is C#CCC(=O)NCCC(C)C(=O)O. The second kappa shape index (κ2) is 6.06. The van der Waals surface area contributed by atoms with Crippen LogP contribution in [0.2, 0.25) is 0 Å². The zero-order valence-electron chi connectivity index (χ0n) is 7.54. The Bertz CT molecular complexity index is 230. The van der Waals surface area contributed by atoms with Crippen LogP contribution in [0.15, 0.2) is 0 Å². The minimum absolute atomic E-state index is 0.0431. The van der Waals surface area contributed by atoms with Crippen molar-refractivity contribution < 1.29 is 14.7 Å². The van der Waals surface area contributed by atoms with E-state index in [-0.39, 0.29) is 12.3 Å². The Hall–Kier alpha value is -1.50. The zero-order chi connectivity index (χ0) is 10.3. The molecule has 2 N–H and O–H groups in total. The molecule has 0 saturated carbocycles. The number of hydrogen-bond donors (Lipinski definition) is 2. The van der Waals surface area contributed by atoms with Gasteiger partial charge in [-0.2, -0.15) is 0 Å². The van der Waals surface area contributed by atoms with Gasteiger partial charge in [-0.3, -0.25) is 9.59 Å². The van der Waals surface area contributed by atoms with E-state index in [1.807, 2.05) is 0 Å². The van der Waals surface area contributed by atoms with Gasteiger partial charge >= 0.3 is 5.97 Å². The highest BCUT2D eigenvalue weighted by molar-refractivity contribution is 5.78. The number of aliphatic carboxylic acids is 1. The Morgan fingerprint density at radius 1 is 1.62 bits per heavy atom. The number of amides is 1. The molecule has 4 heteroatoms. The summed E-state index contributed by atoms with van der Waals surface area (Å²) in [7, 11) is 0. The number of carbonyl (C=O) groups is 2. The molecule has 0 aliphatic carbocycles. The first kappa shape index (κ1) is 11.5. The molecule has 72 valence electrons. The van der Waals surface area contributed by atoms with E-state index in [1.165, 1.54) is 0 Å². The summed E-state index contributed by atoms with van der Waals surface area (Å²) in [5.41, 5.74) is 0. The lowest BCUT2D eigenvalue weighted by molar-refractivity contribution is -0.141. The van der Waals surface area contributed by atoms with Crippen LogP contribution in [-0.2, 0) is 9.59 Å². The van der Waals surface area contributed by atoms with Crippen LogP contribution in [-0.4, -0.2) is 23.5 Å². The summed E-state index contributed by atoms with van der Waals surface area (Å²) in [5.74, 6) is 0.670. The van der Waals surface area contributed by atoms with Crippen LogP contribution in [0.5, 0.6) is 0 Å². The van der Waals surface area contributed by atoms with E-state index in [9.17, 15) is 9.59 Å². The summed E-state index contributed by atoms with van der Waals surface area (Å²) in [6, 6.07) is 0. The van der Waals surface area contributed by atoms with Crippen molar-refractivity contribution in [3.63, 3.8) is 0 Å². The van der Waals surface area contributed by atoms with E-state index < -0.39 is 11.9 Å². The minimum atomic E-state index is -0.855. The fourth-order valence-corrected chi connectivity index (χ4v) is 0.707. The van der Waals surface area contributed by atoms with E-state index in [0.717, 1.165) is 0 Å². The third kappa shape index (κ3) is 5.74. The molecule has 0 heterocycles. The predicted molar refractivity (Wildman–Crippen MR) is 47.9 cm³/mol. The predicted octanol–water partition coefficient (Wildman–Crippen LogP) is 0.237. The summed E-state index contributed by atoms with van der Waals surface area (Å²) >= 11 is 0. The highest BCUT2D eigenvalue weighted by Gasteiger charge is 2.10. The molecule has 0 aliphatic heterocycles. The van der Waals surface area contributed by atoms with Crippen molar-refractivity contribution in [1.29, 1.82) is 0 Å². The first-order valence-corrected chi connectivity index (χ1v) is 4.01. The number of hydrogen-bond acceptors (Lipinski definition) is 2. The van der Waals surface area contributed by atoms with Crippen LogP contribution in [0.4, 0.5) is 0 Å². The third-order valence-electron chi connectivity index (χ3n) is 1.58. The molecule has 0 saturated heterocycles. The average molecular weight is 183 g/mol. The summed E-state index contributed by atoms with van der Waals surface area (Å²) in [4.78, 5) is 21.1. The van der Waals surface area contributed by atoms with E-state index in [1.54, 1.807) is 6.92 Å². The van der Waals surface area contributed by atoms with Crippen LogP contribution < -0.4 is 5.32 Å². The molecule has 0 bridgehead atoms. The zero-order valence-corrected chi connectivity index (χ0v) is 7.54. The van der Waals surface area contributed by atoms with Crippen molar-refractivity contribution in [2.45, 2.75) is 19.8 Å². The van der Waals surface area contributed by atoms with Gasteiger partial charge in [-0.05, 0) is 6.42 Å². The number of rotatable bonds is 5. The van der Waals surface area contributed by atoms with E-state index in [2.05, 4.69) is 11.2 Å². The quantitative estimate of drug-likeness (QED) is 0.600. The van der Waals surface area contributed by atoms with Gasteiger partial charge in [0.05, 0.1) is 12.3 Å². The molecule has 0 aromatic rings. The Kier molecular flexibility index (Phi) is 5.37. The monoisotopic (exact) mass is 183 g/mol. The van der Waals surface area contributed by atoms with Crippen LogP contribution in [0.3, 0.4) is 0 Å². The lowest BCUT2D eigenvalue weighted by Crippen LogP contribution is -2.26. The van der Waals surface area contributed by atoms with Crippen molar-refractivity contribution in [3.05, 3.63) is 0 Å². The molecule has 0 spiro atoms. The van der Waals surface area contributed by atoms with E-state index in [4.69, 9.17) is 11.5 Å². The molecule has 1 amide bonds. The number of terminal acetylenes is 1. The molecule has 1 atom stereocenters. The minimum Gasteiger partial charge on any atom is -0.481 e. The molecular formula is C9H13NO3. The van der Waals surface area contributed by atoms with Crippen LogP contribution >= 0.6 is 0 Å². The summed E-state index contributed by atoms with van der Waals surface area (Å²) in [5, 5.41) is 11.0. The van der Waals surface area contributed by atoms with Crippen LogP contribution in [0.1, 0.15) is 19.8 Å². The van der Waals surface area contributed by atoms with Gasteiger partial charge in [-0.1, -0.05) is 12.8 Å². The summed E-state index contributed by atoms with van der Waals surface area (Å²) in [6.45, 7) is 1.95. The molecule has 1 unspecified atom stereocenters. The van der Waals surface area contributed by atoms with Gasteiger partial charge in [0.15, 0.2) is 0 Å². The smallest absolute Gasteiger partial charge is 0.306 e. The standard InChI is InChI=1S/C9H13NO3/c1-3-4-8(11)10-6-5-7(2)9(12)13/h1,7H,4-6H2,2H3,(H,10,11)(H,12,13). The summed E-state index contributed by atoms with van der Waals surface area (Å²) in [6.07, 6.45) is 5.37. The maximum atomic E-state index is 10.8. The molecule has 4 nitrogen and oxygen atoms in total. The van der Waals surface area contributed by atoms with Crippen molar-refractivity contribution in [2.75, 3.05) is 6.54 Å². The number of nitrogens with one attached hydrogen (secondary N) is 1. The van der Waals surface area contributed by atoms with E-state index in [0.29, 0.717) is 13.0 Å². The molecule has 0 aromatic heterocycles. The molecule has 0 radical (unpaired) electrons. The number of carboxylic acid groups (broad SMARTS) is 1. The Morgan fingerprint density at radius 2 is 2.23 bits per heavy atom. The molecule has 0 fully saturated rings. The van der Waals surface area contributed by atoms with Gasteiger partial charge < -0.3 is 10.4 Å². The normalized spacial score (nSPS) is 11.4. The highest BCUT2D eigenvalue weighted by atomic mass is 16.4. The van der Waals surface area contributed by atoms with Gasteiger partial charge in [0.25, 0.3) is 0 Å². The maximum absolute atomic E-state index is 10.8. The molecule has 0 aliphatic rings. The maximum Gasteiger partial charge on any atom is 0.306 e. The fraction of sp³-hybridized carbons (Fsp3) is 0.556. The largest absolute Gasteiger partial charge is 0.481 e. The topological polar surface area (TPSA) is 66.4 Å². The van der Waals surface area contributed by atoms with Gasteiger partial charge in [0, 0.05) is 6.54 Å². The second-order valence-electron chi connectivity index (χ2n) is 2.76. The lowest BCUT2D eigenvalue weighted by Gasteiger charge is -2.06. The Labute approximate surface area is 77.3 Å². The molecule has 0 rings (SSSR count). The van der Waals surface area contributed by atoms with Gasteiger partial charge in [-0.25, -0.2) is 0 Å². The molecule has 13 heavy (non-hydrogen) atoms. The van der Waals surface area contributed by atoms with Gasteiger partial charge in [0.1, 0.15) is 0 Å². The third-order valence-corrected chi connectivity index (χ3v) is 1.58. The molecule has 0 aromatic carbocycles. The van der Waals surface area contributed by atoms with Crippen molar-refractivity contribution in [3.8, 4) is 12.3 Å². The second-order valence-corrected chi connectivity index (χ2v) is 2.76. The van der Waals surface area contributed by atoms with Gasteiger partial charge in [0.2, 0.25) is 5.91 Å². The fourth-order valence-electron chi connectivity index (χ4n) is 0.707. The van der Waals surface area contributed by atoms with Crippen molar-refractivity contribution in [2.24, 2.45) is 5.92 Å². The van der Waals surface area contributed by atoms with Crippen LogP contribution in [0.25, 0.3) is 0 Å². The first-order chi connectivity index (χ1) is 6.07. The lowest BCUT2D eigenvalue weighted by atomic mass is 10.1.